The third-order valence-electron chi connectivity index (χ3n) is 5.36. The first-order chi connectivity index (χ1) is 12.4. The summed E-state index contributed by atoms with van der Waals surface area (Å²) in [7, 11) is 0. The van der Waals surface area contributed by atoms with Crippen LogP contribution in [0.15, 0.2) is 30.3 Å². The maximum Gasteiger partial charge on any atom is 0.308 e. The summed E-state index contributed by atoms with van der Waals surface area (Å²) in [5, 5.41) is 12.4. The molecule has 1 heterocycles. The SMILES string of the molecule is CC(C)(CCCc1ccccc1)C(=O)NCC(C(=O)O)C1CCOCC1. The number of carboxylic acid groups (broad SMARTS) is 1. The lowest BCUT2D eigenvalue weighted by atomic mass is 9.83. The van der Waals surface area contributed by atoms with Crippen molar-refractivity contribution in [2.24, 2.45) is 17.3 Å². The highest BCUT2D eigenvalue weighted by Gasteiger charge is 2.32. The number of carboxylic acids is 1. The van der Waals surface area contributed by atoms with Crippen LogP contribution in [0.2, 0.25) is 0 Å². The quantitative estimate of drug-likeness (QED) is 0.708. The van der Waals surface area contributed by atoms with Crippen LogP contribution in [-0.2, 0) is 20.7 Å². The Bertz CT molecular complexity index is 579. The molecule has 1 unspecified atom stereocenters. The number of aliphatic carboxylic acids is 1. The van der Waals surface area contributed by atoms with E-state index in [1.807, 2.05) is 32.0 Å². The van der Waals surface area contributed by atoms with Crippen molar-refractivity contribution >= 4 is 11.9 Å². The monoisotopic (exact) mass is 361 g/mol. The Balaban J connectivity index is 1.80. The minimum absolute atomic E-state index is 0.0659. The predicted octanol–water partition coefficient (Wildman–Crippen LogP) is 3.28. The van der Waals surface area contributed by atoms with Crippen molar-refractivity contribution in [3.05, 3.63) is 35.9 Å². The van der Waals surface area contributed by atoms with Crippen molar-refractivity contribution in [3.8, 4) is 0 Å². The zero-order valence-electron chi connectivity index (χ0n) is 15.9. The standard InChI is InChI=1S/C21H31NO4/c1-21(2,12-6-9-16-7-4-3-5-8-16)20(25)22-15-18(19(23)24)17-10-13-26-14-11-17/h3-5,7-8,17-18H,6,9-15H2,1-2H3,(H,22,25)(H,23,24). The molecular formula is C21H31NO4. The van der Waals surface area contributed by atoms with Gasteiger partial charge in [0.1, 0.15) is 0 Å². The van der Waals surface area contributed by atoms with Gasteiger partial charge in [-0.3, -0.25) is 9.59 Å². The van der Waals surface area contributed by atoms with E-state index in [1.165, 1.54) is 5.56 Å². The first-order valence-electron chi connectivity index (χ1n) is 9.53. The lowest BCUT2D eigenvalue weighted by molar-refractivity contribution is -0.145. The second-order valence-corrected chi connectivity index (χ2v) is 7.83. The normalized spacial score (nSPS) is 16.8. The average molecular weight is 361 g/mol. The summed E-state index contributed by atoms with van der Waals surface area (Å²) < 4.78 is 5.31. The number of benzene rings is 1. The number of rotatable bonds is 9. The average Bonchev–Trinajstić information content (AvgIpc) is 2.63. The molecule has 1 aliphatic rings. The van der Waals surface area contributed by atoms with Gasteiger partial charge in [0.05, 0.1) is 5.92 Å². The first-order valence-corrected chi connectivity index (χ1v) is 9.53. The Morgan fingerprint density at radius 3 is 2.50 bits per heavy atom. The number of hydrogen-bond acceptors (Lipinski definition) is 3. The van der Waals surface area contributed by atoms with Gasteiger partial charge in [-0.15, -0.1) is 0 Å². The molecule has 0 spiro atoms. The molecule has 0 aromatic heterocycles. The summed E-state index contributed by atoms with van der Waals surface area (Å²) in [6.07, 6.45) is 4.12. The molecule has 2 N–H and O–H groups in total. The van der Waals surface area contributed by atoms with E-state index < -0.39 is 17.3 Å². The van der Waals surface area contributed by atoms with Gasteiger partial charge in [0.2, 0.25) is 5.91 Å². The van der Waals surface area contributed by atoms with Crippen LogP contribution < -0.4 is 5.32 Å². The number of carbonyl (C=O) groups excluding carboxylic acids is 1. The molecule has 0 aliphatic carbocycles. The largest absolute Gasteiger partial charge is 0.481 e. The van der Waals surface area contributed by atoms with Gasteiger partial charge in [0, 0.05) is 25.2 Å². The van der Waals surface area contributed by atoms with Gasteiger partial charge in [0.15, 0.2) is 0 Å². The molecule has 144 valence electrons. The number of amides is 1. The van der Waals surface area contributed by atoms with Gasteiger partial charge >= 0.3 is 5.97 Å². The minimum atomic E-state index is -0.834. The summed E-state index contributed by atoms with van der Waals surface area (Å²) in [4.78, 5) is 24.2. The zero-order valence-corrected chi connectivity index (χ0v) is 15.9. The highest BCUT2D eigenvalue weighted by atomic mass is 16.5. The second kappa shape index (κ2) is 9.72. The van der Waals surface area contributed by atoms with Crippen LogP contribution >= 0.6 is 0 Å². The van der Waals surface area contributed by atoms with Crippen LogP contribution in [0.5, 0.6) is 0 Å². The molecule has 5 heteroatoms. The Morgan fingerprint density at radius 1 is 1.23 bits per heavy atom. The topological polar surface area (TPSA) is 75.6 Å². The molecule has 1 atom stereocenters. The van der Waals surface area contributed by atoms with Gasteiger partial charge < -0.3 is 15.2 Å². The van der Waals surface area contributed by atoms with Gasteiger partial charge in [-0.1, -0.05) is 44.2 Å². The van der Waals surface area contributed by atoms with Crippen LogP contribution in [0.4, 0.5) is 0 Å². The third-order valence-corrected chi connectivity index (χ3v) is 5.36. The van der Waals surface area contributed by atoms with Gasteiger partial charge in [-0.2, -0.15) is 0 Å². The van der Waals surface area contributed by atoms with Crippen molar-refractivity contribution in [2.45, 2.75) is 46.0 Å². The van der Waals surface area contributed by atoms with Crippen LogP contribution in [0.3, 0.4) is 0 Å². The summed E-state index contributed by atoms with van der Waals surface area (Å²) in [6, 6.07) is 10.2. The van der Waals surface area contributed by atoms with Gasteiger partial charge in [-0.05, 0) is 43.6 Å². The third kappa shape index (κ3) is 6.13. The van der Waals surface area contributed by atoms with E-state index in [-0.39, 0.29) is 18.4 Å². The van der Waals surface area contributed by atoms with Crippen molar-refractivity contribution in [1.82, 2.24) is 5.32 Å². The summed E-state index contributed by atoms with van der Waals surface area (Å²) in [5.41, 5.74) is 0.766. The molecule has 1 amide bonds. The van der Waals surface area contributed by atoms with Crippen LogP contribution in [0.25, 0.3) is 0 Å². The highest BCUT2D eigenvalue weighted by Crippen LogP contribution is 2.26. The maximum absolute atomic E-state index is 12.6. The van der Waals surface area contributed by atoms with E-state index in [0.717, 1.165) is 32.1 Å². The fraction of sp³-hybridized carbons (Fsp3) is 0.619. The molecule has 0 bridgehead atoms. The van der Waals surface area contributed by atoms with E-state index in [4.69, 9.17) is 4.74 Å². The van der Waals surface area contributed by atoms with E-state index in [9.17, 15) is 14.7 Å². The van der Waals surface area contributed by atoms with Crippen molar-refractivity contribution in [3.63, 3.8) is 0 Å². The van der Waals surface area contributed by atoms with Crippen LogP contribution in [0, 0.1) is 17.3 Å². The first kappa shape index (κ1) is 20.4. The van der Waals surface area contributed by atoms with Crippen LogP contribution in [0.1, 0.15) is 45.1 Å². The molecule has 5 nitrogen and oxygen atoms in total. The number of aryl methyl sites for hydroxylation is 1. The summed E-state index contributed by atoms with van der Waals surface area (Å²) >= 11 is 0. The van der Waals surface area contributed by atoms with Crippen molar-refractivity contribution in [2.75, 3.05) is 19.8 Å². The zero-order chi connectivity index (χ0) is 19.0. The van der Waals surface area contributed by atoms with E-state index in [2.05, 4.69) is 17.4 Å². The smallest absolute Gasteiger partial charge is 0.308 e. The summed E-state index contributed by atoms with van der Waals surface area (Å²) in [5.74, 6) is -1.37. The number of ether oxygens (including phenoxy) is 1. The lowest BCUT2D eigenvalue weighted by Crippen LogP contribution is -2.43. The van der Waals surface area contributed by atoms with E-state index >= 15 is 0 Å². The van der Waals surface area contributed by atoms with Gasteiger partial charge in [0.25, 0.3) is 0 Å². The molecule has 1 fully saturated rings. The van der Waals surface area contributed by atoms with E-state index in [0.29, 0.717) is 13.2 Å². The Morgan fingerprint density at radius 2 is 1.88 bits per heavy atom. The second-order valence-electron chi connectivity index (χ2n) is 7.83. The number of nitrogens with one attached hydrogen (secondary N) is 1. The molecule has 0 radical (unpaired) electrons. The minimum Gasteiger partial charge on any atom is -0.481 e. The molecule has 26 heavy (non-hydrogen) atoms. The van der Waals surface area contributed by atoms with E-state index in [1.54, 1.807) is 0 Å². The number of hydrogen-bond donors (Lipinski definition) is 2. The molecule has 1 aromatic carbocycles. The van der Waals surface area contributed by atoms with Crippen molar-refractivity contribution < 1.29 is 19.4 Å². The Labute approximate surface area is 156 Å². The molecule has 0 saturated carbocycles. The van der Waals surface area contributed by atoms with Crippen LogP contribution in [-0.4, -0.2) is 36.7 Å². The Kier molecular flexibility index (Phi) is 7.64. The number of carbonyl (C=O) groups is 2. The molecule has 1 aromatic rings. The summed E-state index contributed by atoms with van der Waals surface area (Å²) in [6.45, 7) is 5.26. The Hall–Kier alpha value is -1.88. The lowest BCUT2D eigenvalue weighted by Gasteiger charge is -2.29. The molecule has 1 saturated heterocycles. The molecule has 2 rings (SSSR count). The fourth-order valence-corrected chi connectivity index (χ4v) is 3.51. The molecular weight excluding hydrogens is 330 g/mol. The fourth-order valence-electron chi connectivity index (χ4n) is 3.51. The predicted molar refractivity (Wildman–Crippen MR) is 101 cm³/mol. The van der Waals surface area contributed by atoms with Crippen molar-refractivity contribution in [1.29, 1.82) is 0 Å². The maximum atomic E-state index is 12.6. The van der Waals surface area contributed by atoms with Gasteiger partial charge in [-0.25, -0.2) is 0 Å². The highest BCUT2D eigenvalue weighted by molar-refractivity contribution is 5.82. The molecule has 1 aliphatic heterocycles.